The Morgan fingerprint density at radius 1 is 1.00 bits per heavy atom. The minimum atomic E-state index is -1.55. The largest absolute Gasteiger partial charge is 0.501 e. The van der Waals surface area contributed by atoms with Gasteiger partial charge >= 0.3 is 5.97 Å². The molecule has 0 spiro atoms. The fourth-order valence-corrected chi connectivity index (χ4v) is 2.27. The third kappa shape index (κ3) is 3.09. The minimum absolute atomic E-state index is 0.0790. The normalized spacial score (nSPS) is 10.6. The number of aromatic hydroxyl groups is 1. The molecular weight excluding hydrogens is 334 g/mol. The van der Waals surface area contributed by atoms with E-state index in [1.807, 2.05) is 0 Å². The van der Waals surface area contributed by atoms with Crippen LogP contribution in [0.4, 0.5) is 8.78 Å². The zero-order valence-electron chi connectivity index (χ0n) is 12.5. The SMILES string of the molecule is O=C(O)c1nc(-c2cccc(-c3ccc(F)c(F)c3)c2)[nH]c(=O)c1O. The second-order valence-corrected chi connectivity index (χ2v) is 5.13. The van der Waals surface area contributed by atoms with E-state index in [2.05, 4.69) is 9.97 Å². The van der Waals surface area contributed by atoms with Crippen LogP contribution < -0.4 is 5.56 Å². The zero-order chi connectivity index (χ0) is 18.1. The number of hydrogen-bond donors (Lipinski definition) is 3. The molecule has 0 aliphatic carbocycles. The first kappa shape index (κ1) is 16.3. The van der Waals surface area contributed by atoms with Crippen LogP contribution in [0, 0.1) is 11.6 Å². The topological polar surface area (TPSA) is 103 Å². The van der Waals surface area contributed by atoms with Crippen molar-refractivity contribution in [3.05, 3.63) is 70.1 Å². The number of carboxylic acid groups (broad SMARTS) is 1. The maximum atomic E-state index is 13.4. The molecule has 2 aromatic carbocycles. The standard InChI is InChI=1S/C17H10F2N2O4/c18-11-5-4-9(7-12(11)19)8-2-1-3-10(6-8)15-20-13(17(24)25)14(22)16(23)21-15/h1-7,22H,(H,24,25)(H,20,21,23). The summed E-state index contributed by atoms with van der Waals surface area (Å²) < 4.78 is 26.5. The lowest BCUT2D eigenvalue weighted by molar-refractivity contribution is 0.0686. The third-order valence-electron chi connectivity index (χ3n) is 3.49. The van der Waals surface area contributed by atoms with Crippen LogP contribution in [0.15, 0.2) is 47.3 Å². The molecule has 0 atom stereocenters. The maximum Gasteiger partial charge on any atom is 0.358 e. The van der Waals surface area contributed by atoms with Gasteiger partial charge in [-0.3, -0.25) is 4.79 Å². The number of carbonyl (C=O) groups is 1. The van der Waals surface area contributed by atoms with Gasteiger partial charge in [-0.25, -0.2) is 18.6 Å². The molecule has 0 bridgehead atoms. The van der Waals surface area contributed by atoms with Crippen LogP contribution >= 0.6 is 0 Å². The smallest absolute Gasteiger partial charge is 0.358 e. The molecule has 8 heteroatoms. The Morgan fingerprint density at radius 2 is 1.68 bits per heavy atom. The lowest BCUT2D eigenvalue weighted by Crippen LogP contribution is -2.15. The Bertz CT molecular complexity index is 1050. The lowest BCUT2D eigenvalue weighted by atomic mass is 10.0. The van der Waals surface area contributed by atoms with Gasteiger partial charge in [-0.1, -0.05) is 24.3 Å². The average Bonchev–Trinajstić information content (AvgIpc) is 2.59. The number of nitrogens with zero attached hydrogens (tertiary/aromatic N) is 1. The predicted molar refractivity (Wildman–Crippen MR) is 84.3 cm³/mol. The molecule has 0 fully saturated rings. The summed E-state index contributed by atoms with van der Waals surface area (Å²) in [5, 5.41) is 18.5. The minimum Gasteiger partial charge on any atom is -0.501 e. The summed E-state index contributed by atoms with van der Waals surface area (Å²) in [6, 6.07) is 9.67. The molecule has 6 nitrogen and oxygen atoms in total. The van der Waals surface area contributed by atoms with Crippen molar-refractivity contribution in [2.24, 2.45) is 0 Å². The van der Waals surface area contributed by atoms with E-state index in [9.17, 15) is 23.5 Å². The zero-order valence-corrected chi connectivity index (χ0v) is 12.5. The van der Waals surface area contributed by atoms with Crippen molar-refractivity contribution in [2.45, 2.75) is 0 Å². The highest BCUT2D eigenvalue weighted by atomic mass is 19.2. The molecular formula is C17H10F2N2O4. The van der Waals surface area contributed by atoms with Gasteiger partial charge in [-0.15, -0.1) is 0 Å². The number of nitrogens with one attached hydrogen (secondary N) is 1. The van der Waals surface area contributed by atoms with E-state index in [1.54, 1.807) is 18.2 Å². The summed E-state index contributed by atoms with van der Waals surface area (Å²) in [6.07, 6.45) is 0. The summed E-state index contributed by atoms with van der Waals surface area (Å²) in [5.74, 6) is -4.61. The number of H-pyrrole nitrogens is 1. The number of rotatable bonds is 3. The molecule has 25 heavy (non-hydrogen) atoms. The highest BCUT2D eigenvalue weighted by molar-refractivity contribution is 5.88. The molecule has 3 rings (SSSR count). The first-order valence-electron chi connectivity index (χ1n) is 6.99. The first-order valence-corrected chi connectivity index (χ1v) is 6.99. The van der Waals surface area contributed by atoms with Crippen molar-refractivity contribution >= 4 is 5.97 Å². The van der Waals surface area contributed by atoms with Crippen molar-refractivity contribution in [3.8, 4) is 28.3 Å². The van der Waals surface area contributed by atoms with Crippen LogP contribution in [0.3, 0.4) is 0 Å². The van der Waals surface area contributed by atoms with Crippen LogP contribution in [0.5, 0.6) is 5.75 Å². The van der Waals surface area contributed by atoms with E-state index in [0.29, 0.717) is 16.7 Å². The van der Waals surface area contributed by atoms with Crippen LogP contribution in [0.2, 0.25) is 0 Å². The number of aromatic nitrogens is 2. The van der Waals surface area contributed by atoms with E-state index >= 15 is 0 Å². The maximum absolute atomic E-state index is 13.4. The Balaban J connectivity index is 2.12. The van der Waals surface area contributed by atoms with Gasteiger partial charge in [0.25, 0.3) is 5.56 Å². The quantitative estimate of drug-likeness (QED) is 0.678. The fourth-order valence-electron chi connectivity index (χ4n) is 2.27. The van der Waals surface area contributed by atoms with Crippen LogP contribution in [0.1, 0.15) is 10.5 Å². The van der Waals surface area contributed by atoms with Gasteiger partial charge in [-0.2, -0.15) is 0 Å². The highest BCUT2D eigenvalue weighted by Gasteiger charge is 2.17. The van der Waals surface area contributed by atoms with Crippen LogP contribution in [-0.2, 0) is 0 Å². The summed E-state index contributed by atoms with van der Waals surface area (Å²) in [5.41, 5.74) is -0.552. The average molecular weight is 344 g/mol. The van der Waals surface area contributed by atoms with E-state index in [4.69, 9.17) is 5.11 Å². The first-order chi connectivity index (χ1) is 11.9. The van der Waals surface area contributed by atoms with Gasteiger partial charge in [0, 0.05) is 5.56 Å². The van der Waals surface area contributed by atoms with E-state index in [1.165, 1.54) is 12.1 Å². The molecule has 0 aliphatic rings. The van der Waals surface area contributed by atoms with Gasteiger partial charge in [0.1, 0.15) is 5.82 Å². The molecule has 0 aliphatic heterocycles. The van der Waals surface area contributed by atoms with Gasteiger partial charge in [0.15, 0.2) is 17.3 Å². The van der Waals surface area contributed by atoms with Gasteiger partial charge in [0.2, 0.25) is 5.75 Å². The number of benzene rings is 2. The molecule has 3 N–H and O–H groups in total. The summed E-state index contributed by atoms with van der Waals surface area (Å²) in [7, 11) is 0. The van der Waals surface area contributed by atoms with E-state index < -0.39 is 34.6 Å². The summed E-state index contributed by atoms with van der Waals surface area (Å²) >= 11 is 0. The second-order valence-electron chi connectivity index (χ2n) is 5.13. The molecule has 126 valence electrons. The Kier molecular flexibility index (Phi) is 4.02. The van der Waals surface area contributed by atoms with Crippen molar-refractivity contribution in [2.75, 3.05) is 0 Å². The molecule has 0 amide bonds. The van der Waals surface area contributed by atoms with Gasteiger partial charge < -0.3 is 15.2 Å². The molecule has 0 saturated heterocycles. The van der Waals surface area contributed by atoms with Gasteiger partial charge in [-0.05, 0) is 29.3 Å². The number of hydrogen-bond acceptors (Lipinski definition) is 4. The summed E-state index contributed by atoms with van der Waals surface area (Å²) in [4.78, 5) is 28.7. The Hall–Kier alpha value is -3.55. The van der Waals surface area contributed by atoms with Crippen molar-refractivity contribution in [1.82, 2.24) is 9.97 Å². The van der Waals surface area contributed by atoms with Gasteiger partial charge in [0.05, 0.1) is 0 Å². The van der Waals surface area contributed by atoms with Crippen LogP contribution in [-0.4, -0.2) is 26.2 Å². The van der Waals surface area contributed by atoms with E-state index in [0.717, 1.165) is 12.1 Å². The number of halogens is 2. The van der Waals surface area contributed by atoms with Crippen molar-refractivity contribution in [1.29, 1.82) is 0 Å². The number of carboxylic acids is 1. The third-order valence-corrected chi connectivity index (χ3v) is 3.49. The Labute approximate surface area is 139 Å². The molecule has 3 aromatic rings. The molecule has 1 aromatic heterocycles. The highest BCUT2D eigenvalue weighted by Crippen LogP contribution is 2.26. The predicted octanol–water partition coefficient (Wildman–Crippen LogP) is 2.79. The number of aromatic carboxylic acids is 1. The van der Waals surface area contributed by atoms with Crippen molar-refractivity contribution in [3.63, 3.8) is 0 Å². The molecule has 0 unspecified atom stereocenters. The molecule has 0 radical (unpaired) electrons. The number of aromatic amines is 1. The second kappa shape index (κ2) is 6.16. The monoisotopic (exact) mass is 344 g/mol. The Morgan fingerprint density at radius 3 is 2.36 bits per heavy atom. The lowest BCUT2D eigenvalue weighted by Gasteiger charge is -2.07. The fraction of sp³-hybridized carbons (Fsp3) is 0. The van der Waals surface area contributed by atoms with E-state index in [-0.39, 0.29) is 5.82 Å². The summed E-state index contributed by atoms with van der Waals surface area (Å²) in [6.45, 7) is 0. The molecule has 0 saturated carbocycles. The molecule has 1 heterocycles. The van der Waals surface area contributed by atoms with Crippen molar-refractivity contribution < 1.29 is 23.8 Å². The van der Waals surface area contributed by atoms with Crippen LogP contribution in [0.25, 0.3) is 22.5 Å².